The predicted molar refractivity (Wildman–Crippen MR) is 95.8 cm³/mol. The highest BCUT2D eigenvalue weighted by Crippen LogP contribution is 2.21. The Balaban J connectivity index is 1.91. The van der Waals surface area contributed by atoms with Crippen LogP contribution in [0.3, 0.4) is 0 Å². The number of rotatable bonds is 4. The first-order valence-corrected chi connectivity index (χ1v) is 8.83. The van der Waals surface area contributed by atoms with Gasteiger partial charge in [-0.3, -0.25) is 9.78 Å². The van der Waals surface area contributed by atoms with E-state index in [1.54, 1.807) is 23.2 Å². The second-order valence-electron chi connectivity index (χ2n) is 6.57. The zero-order valence-corrected chi connectivity index (χ0v) is 14.5. The number of aromatic nitrogens is 1. The fourth-order valence-electron chi connectivity index (χ4n) is 3.30. The van der Waals surface area contributed by atoms with Gasteiger partial charge in [-0.1, -0.05) is 17.7 Å². The van der Waals surface area contributed by atoms with Gasteiger partial charge >= 0.3 is 0 Å². The molecule has 0 bridgehead atoms. The maximum Gasteiger partial charge on any atom is 0.257 e. The van der Waals surface area contributed by atoms with Crippen LogP contribution in [0.2, 0.25) is 0 Å². The first-order chi connectivity index (χ1) is 12.1. The first kappa shape index (κ1) is 17.5. The van der Waals surface area contributed by atoms with Gasteiger partial charge in [-0.25, -0.2) is 4.39 Å². The fourth-order valence-corrected chi connectivity index (χ4v) is 3.30. The van der Waals surface area contributed by atoms with Crippen LogP contribution in [0.25, 0.3) is 0 Å². The number of pyridine rings is 1. The topological polar surface area (TPSA) is 45.2 Å². The molecule has 0 spiro atoms. The van der Waals surface area contributed by atoms with Crippen LogP contribution in [0.15, 0.2) is 42.6 Å². The molecular formula is C20H24FN3O. The second kappa shape index (κ2) is 8.21. The summed E-state index contributed by atoms with van der Waals surface area (Å²) in [4.78, 5) is 19.3. The van der Waals surface area contributed by atoms with Crippen molar-refractivity contribution < 1.29 is 9.18 Å². The summed E-state index contributed by atoms with van der Waals surface area (Å²) in [5.74, 6) is -0.716. The Hall–Kier alpha value is -2.27. The molecule has 1 atom stereocenters. The quantitative estimate of drug-likeness (QED) is 0.928. The molecule has 1 N–H and O–H groups in total. The van der Waals surface area contributed by atoms with Crippen LogP contribution < -0.4 is 5.32 Å². The number of hydrogen-bond acceptors (Lipinski definition) is 3. The molecule has 1 unspecified atom stereocenters. The van der Waals surface area contributed by atoms with E-state index in [1.165, 1.54) is 6.07 Å². The molecule has 2 aromatic rings. The van der Waals surface area contributed by atoms with E-state index in [0.717, 1.165) is 43.6 Å². The number of benzene rings is 1. The lowest BCUT2D eigenvalue weighted by molar-refractivity contribution is 0.0637. The Morgan fingerprint density at radius 3 is 2.96 bits per heavy atom. The summed E-state index contributed by atoms with van der Waals surface area (Å²) in [5, 5.41) is 3.37. The first-order valence-electron chi connectivity index (χ1n) is 8.83. The van der Waals surface area contributed by atoms with E-state index in [0.29, 0.717) is 6.54 Å². The Labute approximate surface area is 148 Å². The van der Waals surface area contributed by atoms with Gasteiger partial charge in [0.25, 0.3) is 5.91 Å². The van der Waals surface area contributed by atoms with Crippen molar-refractivity contribution in [2.45, 2.75) is 38.8 Å². The number of nitrogens with one attached hydrogen (secondary N) is 1. The minimum atomic E-state index is -0.464. The lowest BCUT2D eigenvalue weighted by atomic mass is 10.0. The molecule has 1 aliphatic rings. The molecule has 0 saturated carbocycles. The van der Waals surface area contributed by atoms with Crippen LogP contribution in [-0.2, 0) is 6.54 Å². The zero-order valence-electron chi connectivity index (χ0n) is 14.5. The molecule has 1 aliphatic heterocycles. The highest BCUT2D eigenvalue weighted by atomic mass is 19.1. The standard InChI is InChI=1S/C20H24FN3O/c1-15-7-8-19(21)18(13-15)20(25)24(14-16-5-2-3-11-23-16)17-6-4-10-22-12-9-17/h2-3,5,7-8,11,13,17,22H,4,6,9-10,12,14H2,1H3. The van der Waals surface area contributed by atoms with Crippen molar-refractivity contribution in [2.24, 2.45) is 0 Å². The SMILES string of the molecule is Cc1ccc(F)c(C(=O)N(Cc2ccccn2)C2CCCNCC2)c1. The normalized spacial score (nSPS) is 17.8. The van der Waals surface area contributed by atoms with Gasteiger partial charge in [-0.05, 0) is 63.5 Å². The maximum absolute atomic E-state index is 14.3. The molecule has 132 valence electrons. The number of halogens is 1. The number of carbonyl (C=O) groups excluding carboxylic acids is 1. The van der Waals surface area contributed by atoms with Gasteiger partial charge in [0, 0.05) is 12.2 Å². The number of amides is 1. The van der Waals surface area contributed by atoms with Crippen molar-refractivity contribution in [1.82, 2.24) is 15.2 Å². The smallest absolute Gasteiger partial charge is 0.257 e. The molecular weight excluding hydrogens is 317 g/mol. The largest absolute Gasteiger partial charge is 0.330 e. The average Bonchev–Trinajstić information content (AvgIpc) is 2.91. The van der Waals surface area contributed by atoms with Crippen molar-refractivity contribution in [3.8, 4) is 0 Å². The lowest BCUT2D eigenvalue weighted by Crippen LogP contribution is -2.41. The summed E-state index contributed by atoms with van der Waals surface area (Å²) >= 11 is 0. The van der Waals surface area contributed by atoms with Crippen molar-refractivity contribution >= 4 is 5.91 Å². The van der Waals surface area contributed by atoms with Crippen molar-refractivity contribution in [1.29, 1.82) is 0 Å². The lowest BCUT2D eigenvalue weighted by Gasteiger charge is -2.31. The van der Waals surface area contributed by atoms with Crippen molar-refractivity contribution in [3.63, 3.8) is 0 Å². The molecule has 2 heterocycles. The van der Waals surface area contributed by atoms with Gasteiger partial charge in [0.05, 0.1) is 17.8 Å². The average molecular weight is 341 g/mol. The van der Waals surface area contributed by atoms with Gasteiger partial charge in [-0.15, -0.1) is 0 Å². The number of nitrogens with zero attached hydrogens (tertiary/aromatic N) is 2. The number of hydrogen-bond donors (Lipinski definition) is 1. The Morgan fingerprint density at radius 2 is 2.16 bits per heavy atom. The van der Waals surface area contributed by atoms with Crippen LogP contribution in [-0.4, -0.2) is 34.9 Å². The van der Waals surface area contributed by atoms with E-state index < -0.39 is 5.82 Å². The molecule has 1 aromatic heterocycles. The van der Waals surface area contributed by atoms with Gasteiger partial charge in [0.15, 0.2) is 0 Å². The minimum absolute atomic E-state index is 0.0874. The van der Waals surface area contributed by atoms with Crippen molar-refractivity contribution in [2.75, 3.05) is 13.1 Å². The monoisotopic (exact) mass is 341 g/mol. The minimum Gasteiger partial charge on any atom is -0.330 e. The third-order valence-electron chi connectivity index (χ3n) is 4.66. The van der Waals surface area contributed by atoms with Crippen LogP contribution in [0.4, 0.5) is 4.39 Å². The summed E-state index contributed by atoms with van der Waals surface area (Å²) in [5.41, 5.74) is 1.85. The molecule has 25 heavy (non-hydrogen) atoms. The van der Waals surface area contributed by atoms with Gasteiger partial charge < -0.3 is 10.2 Å². The van der Waals surface area contributed by atoms with E-state index in [-0.39, 0.29) is 17.5 Å². The highest BCUT2D eigenvalue weighted by molar-refractivity contribution is 5.94. The fraction of sp³-hybridized carbons (Fsp3) is 0.400. The summed E-state index contributed by atoms with van der Waals surface area (Å²) < 4.78 is 14.3. The van der Waals surface area contributed by atoms with E-state index in [2.05, 4.69) is 10.3 Å². The predicted octanol–water partition coefficient (Wildman–Crippen LogP) is 3.31. The summed E-state index contributed by atoms with van der Waals surface area (Å²) in [7, 11) is 0. The molecule has 1 aromatic carbocycles. The molecule has 0 radical (unpaired) electrons. The Morgan fingerprint density at radius 1 is 1.28 bits per heavy atom. The van der Waals surface area contributed by atoms with Crippen LogP contribution in [0.1, 0.15) is 40.9 Å². The summed E-state index contributed by atoms with van der Waals surface area (Å²) in [6.45, 7) is 4.10. The molecule has 1 saturated heterocycles. The zero-order chi connectivity index (χ0) is 17.6. The molecule has 1 fully saturated rings. The maximum atomic E-state index is 14.3. The van der Waals surface area contributed by atoms with Crippen LogP contribution in [0, 0.1) is 12.7 Å². The molecule has 3 rings (SSSR count). The van der Waals surface area contributed by atoms with Gasteiger partial charge in [0.1, 0.15) is 5.82 Å². The number of aryl methyl sites for hydroxylation is 1. The van der Waals surface area contributed by atoms with E-state index in [4.69, 9.17) is 0 Å². The van der Waals surface area contributed by atoms with Crippen molar-refractivity contribution in [3.05, 3.63) is 65.2 Å². The molecule has 4 nitrogen and oxygen atoms in total. The second-order valence-corrected chi connectivity index (χ2v) is 6.57. The third-order valence-corrected chi connectivity index (χ3v) is 4.66. The Kier molecular flexibility index (Phi) is 5.76. The van der Waals surface area contributed by atoms with Gasteiger partial charge in [0.2, 0.25) is 0 Å². The van der Waals surface area contributed by atoms with Crippen LogP contribution in [0.5, 0.6) is 0 Å². The van der Waals surface area contributed by atoms with E-state index >= 15 is 0 Å². The summed E-state index contributed by atoms with van der Waals surface area (Å²) in [6.07, 6.45) is 4.51. The highest BCUT2D eigenvalue weighted by Gasteiger charge is 2.27. The molecule has 5 heteroatoms. The van der Waals surface area contributed by atoms with E-state index in [9.17, 15) is 9.18 Å². The summed E-state index contributed by atoms with van der Waals surface area (Å²) in [6, 6.07) is 10.4. The van der Waals surface area contributed by atoms with Crippen LogP contribution >= 0.6 is 0 Å². The molecule has 1 amide bonds. The third kappa shape index (κ3) is 4.42. The Bertz CT molecular complexity index is 712. The number of carbonyl (C=O) groups is 1. The van der Waals surface area contributed by atoms with Gasteiger partial charge in [-0.2, -0.15) is 0 Å². The molecule has 0 aliphatic carbocycles. The van der Waals surface area contributed by atoms with E-state index in [1.807, 2.05) is 25.1 Å².